The molecule has 2 heterocycles. The predicted octanol–water partition coefficient (Wildman–Crippen LogP) is 1.76. The van der Waals surface area contributed by atoms with Gasteiger partial charge in [0.25, 0.3) is 0 Å². The van der Waals surface area contributed by atoms with Gasteiger partial charge in [0, 0.05) is 32.9 Å². The van der Waals surface area contributed by atoms with E-state index in [9.17, 15) is 8.42 Å². The number of hydrogen-bond donors (Lipinski definition) is 0. The minimum atomic E-state index is -3.54. The van der Waals surface area contributed by atoms with Crippen LogP contribution in [0.3, 0.4) is 0 Å². The average molecular weight is 407 g/mol. The molecule has 0 saturated carbocycles. The molecule has 0 aliphatic carbocycles. The zero-order chi connectivity index (χ0) is 20.1. The topological polar surface area (TPSA) is 81.2 Å². The van der Waals surface area contributed by atoms with Gasteiger partial charge in [-0.25, -0.2) is 13.4 Å². The third kappa shape index (κ3) is 4.37. The van der Waals surface area contributed by atoms with E-state index in [0.29, 0.717) is 50.2 Å². The molecule has 0 N–H and O–H groups in total. The van der Waals surface area contributed by atoms with Crippen molar-refractivity contribution >= 4 is 15.8 Å². The molecule has 0 bridgehead atoms. The molecule has 1 aromatic carbocycles. The van der Waals surface area contributed by atoms with E-state index in [1.807, 2.05) is 30.1 Å². The van der Waals surface area contributed by atoms with Crippen LogP contribution in [0.5, 0.6) is 11.5 Å². The van der Waals surface area contributed by atoms with Crippen LogP contribution in [-0.2, 0) is 21.3 Å². The Morgan fingerprint density at radius 3 is 2.43 bits per heavy atom. The molecule has 28 heavy (non-hydrogen) atoms. The molecule has 0 unspecified atom stereocenters. The molecule has 9 heteroatoms. The van der Waals surface area contributed by atoms with Gasteiger partial charge in [-0.15, -0.1) is 0 Å². The molecule has 0 atom stereocenters. The Morgan fingerprint density at radius 1 is 1.11 bits per heavy atom. The summed E-state index contributed by atoms with van der Waals surface area (Å²) in [5.74, 6) is 2.01. The van der Waals surface area contributed by atoms with Crippen molar-refractivity contribution in [1.82, 2.24) is 9.29 Å². The molecule has 0 radical (unpaired) electrons. The summed E-state index contributed by atoms with van der Waals surface area (Å²) in [5, 5.41) is 0. The lowest BCUT2D eigenvalue weighted by atomic mass is 10.2. The van der Waals surface area contributed by atoms with Crippen LogP contribution in [0.25, 0.3) is 0 Å². The standard InChI is InChI=1S/C19H25N3O5S/c1-21(14-15-4-6-17(25-2)18(12-15)26-3)19-7-5-16(13-20-19)28(23,24)22-8-10-27-11-9-22/h4-7,12-13H,8-11,14H2,1-3H3. The number of methoxy groups -OCH3 is 2. The van der Waals surface area contributed by atoms with E-state index in [2.05, 4.69) is 4.98 Å². The van der Waals surface area contributed by atoms with E-state index >= 15 is 0 Å². The number of benzene rings is 1. The van der Waals surface area contributed by atoms with Gasteiger partial charge in [0.2, 0.25) is 10.0 Å². The molecule has 0 amide bonds. The highest BCUT2D eigenvalue weighted by atomic mass is 32.2. The van der Waals surface area contributed by atoms with Gasteiger partial charge in [-0.05, 0) is 29.8 Å². The maximum Gasteiger partial charge on any atom is 0.244 e. The van der Waals surface area contributed by atoms with Crippen LogP contribution in [0.2, 0.25) is 0 Å². The number of pyridine rings is 1. The second-order valence-electron chi connectivity index (χ2n) is 6.41. The maximum absolute atomic E-state index is 12.7. The highest BCUT2D eigenvalue weighted by Gasteiger charge is 2.26. The molecule has 8 nitrogen and oxygen atoms in total. The SMILES string of the molecule is COc1ccc(CN(C)c2ccc(S(=O)(=O)N3CCOCC3)cn2)cc1OC. The average Bonchev–Trinajstić information content (AvgIpc) is 2.74. The number of aromatic nitrogens is 1. The lowest BCUT2D eigenvalue weighted by molar-refractivity contribution is 0.0730. The predicted molar refractivity (Wildman–Crippen MR) is 105 cm³/mol. The summed E-state index contributed by atoms with van der Waals surface area (Å²) < 4.78 is 42.6. The summed E-state index contributed by atoms with van der Waals surface area (Å²) in [7, 11) is 1.55. The minimum Gasteiger partial charge on any atom is -0.493 e. The first-order valence-corrected chi connectivity index (χ1v) is 10.4. The fraction of sp³-hybridized carbons (Fsp3) is 0.421. The molecule has 1 fully saturated rings. The second-order valence-corrected chi connectivity index (χ2v) is 8.35. The van der Waals surface area contributed by atoms with E-state index in [0.717, 1.165) is 5.56 Å². The van der Waals surface area contributed by atoms with Gasteiger partial charge >= 0.3 is 0 Å². The van der Waals surface area contributed by atoms with E-state index in [-0.39, 0.29) is 4.90 Å². The van der Waals surface area contributed by atoms with E-state index in [1.54, 1.807) is 26.4 Å². The number of ether oxygens (including phenoxy) is 3. The van der Waals surface area contributed by atoms with Crippen LogP contribution < -0.4 is 14.4 Å². The van der Waals surface area contributed by atoms with Crippen LogP contribution in [0, 0.1) is 0 Å². The highest BCUT2D eigenvalue weighted by Crippen LogP contribution is 2.28. The fourth-order valence-electron chi connectivity index (χ4n) is 3.02. The first-order valence-electron chi connectivity index (χ1n) is 8.91. The summed E-state index contributed by atoms with van der Waals surface area (Å²) in [6.45, 7) is 2.15. The zero-order valence-corrected chi connectivity index (χ0v) is 17.1. The Morgan fingerprint density at radius 2 is 1.82 bits per heavy atom. The van der Waals surface area contributed by atoms with Gasteiger partial charge in [0.05, 0.1) is 27.4 Å². The first-order chi connectivity index (χ1) is 13.5. The Kier molecular flexibility index (Phi) is 6.38. The van der Waals surface area contributed by atoms with Gasteiger partial charge in [-0.3, -0.25) is 0 Å². The normalized spacial score (nSPS) is 15.2. The number of anilines is 1. The number of rotatable bonds is 7. The van der Waals surface area contributed by atoms with E-state index in [4.69, 9.17) is 14.2 Å². The van der Waals surface area contributed by atoms with Crippen LogP contribution in [-0.4, -0.2) is 65.3 Å². The first kappa shape index (κ1) is 20.4. The monoisotopic (exact) mass is 407 g/mol. The number of nitrogens with zero attached hydrogens (tertiary/aromatic N) is 3. The van der Waals surface area contributed by atoms with Crippen molar-refractivity contribution < 1.29 is 22.6 Å². The number of sulfonamides is 1. The number of hydrogen-bond acceptors (Lipinski definition) is 7. The smallest absolute Gasteiger partial charge is 0.244 e. The summed E-state index contributed by atoms with van der Waals surface area (Å²) in [5.41, 5.74) is 1.02. The molecule has 2 aromatic rings. The molecule has 152 valence electrons. The molecular weight excluding hydrogens is 382 g/mol. The van der Waals surface area contributed by atoms with E-state index < -0.39 is 10.0 Å². The number of morpholine rings is 1. The van der Waals surface area contributed by atoms with Crippen molar-refractivity contribution in [3.63, 3.8) is 0 Å². The maximum atomic E-state index is 12.7. The Labute approximate surface area is 165 Å². The summed E-state index contributed by atoms with van der Waals surface area (Å²) in [4.78, 5) is 6.47. The van der Waals surface area contributed by atoms with Crippen molar-refractivity contribution in [2.45, 2.75) is 11.4 Å². The summed E-state index contributed by atoms with van der Waals surface area (Å²) in [6.07, 6.45) is 1.41. The molecule has 1 aliphatic rings. The minimum absolute atomic E-state index is 0.192. The van der Waals surface area contributed by atoms with Gasteiger partial charge in [0.1, 0.15) is 10.7 Å². The molecule has 0 spiro atoms. The third-order valence-corrected chi connectivity index (χ3v) is 6.47. The highest BCUT2D eigenvalue weighted by molar-refractivity contribution is 7.89. The Hall–Kier alpha value is -2.36. The largest absolute Gasteiger partial charge is 0.493 e. The van der Waals surface area contributed by atoms with Crippen LogP contribution in [0.1, 0.15) is 5.56 Å². The molecule has 3 rings (SSSR count). The Balaban J connectivity index is 1.72. The molecular formula is C19H25N3O5S. The fourth-order valence-corrected chi connectivity index (χ4v) is 4.37. The van der Waals surface area contributed by atoms with Crippen LogP contribution in [0.15, 0.2) is 41.4 Å². The van der Waals surface area contributed by atoms with Crippen molar-refractivity contribution in [2.75, 3.05) is 52.5 Å². The summed E-state index contributed by atoms with van der Waals surface area (Å²) in [6, 6.07) is 9.03. The lowest BCUT2D eigenvalue weighted by Crippen LogP contribution is -2.40. The van der Waals surface area contributed by atoms with Crippen molar-refractivity contribution in [3.05, 3.63) is 42.1 Å². The van der Waals surface area contributed by atoms with Crippen molar-refractivity contribution in [1.29, 1.82) is 0 Å². The Bertz CT molecular complexity index is 896. The quantitative estimate of drug-likeness (QED) is 0.692. The van der Waals surface area contributed by atoms with Crippen molar-refractivity contribution in [2.24, 2.45) is 0 Å². The third-order valence-electron chi connectivity index (χ3n) is 4.59. The van der Waals surface area contributed by atoms with Crippen molar-refractivity contribution in [3.8, 4) is 11.5 Å². The van der Waals surface area contributed by atoms with Gasteiger partial charge in [0.15, 0.2) is 11.5 Å². The molecule has 1 aliphatic heterocycles. The summed E-state index contributed by atoms with van der Waals surface area (Å²) >= 11 is 0. The van der Waals surface area contributed by atoms with Crippen LogP contribution >= 0.6 is 0 Å². The van der Waals surface area contributed by atoms with E-state index in [1.165, 1.54) is 10.5 Å². The van der Waals surface area contributed by atoms with Gasteiger partial charge in [-0.2, -0.15) is 4.31 Å². The van der Waals surface area contributed by atoms with Gasteiger partial charge in [-0.1, -0.05) is 6.07 Å². The lowest BCUT2D eigenvalue weighted by Gasteiger charge is -2.26. The van der Waals surface area contributed by atoms with Gasteiger partial charge < -0.3 is 19.1 Å². The molecule has 1 saturated heterocycles. The zero-order valence-electron chi connectivity index (χ0n) is 16.3. The molecule has 1 aromatic heterocycles. The van der Waals surface area contributed by atoms with Crippen LogP contribution in [0.4, 0.5) is 5.82 Å². The second kappa shape index (κ2) is 8.76.